The smallest absolute Gasteiger partial charge is 0.226 e. The van der Waals surface area contributed by atoms with Gasteiger partial charge in [0.15, 0.2) is 5.96 Å². The molecule has 162 valence electrons. The lowest BCUT2D eigenvalue weighted by atomic mass is 9.54. The maximum absolute atomic E-state index is 6.09. The lowest BCUT2D eigenvalue weighted by molar-refractivity contribution is -0.125. The summed E-state index contributed by atoms with van der Waals surface area (Å²) in [5.74, 6) is 2.11. The standard InChI is InChI=1S/C23H30N4O2.HI/c1-15-5-7-16(8-6-15)21-26-17(14-29-21)13-25-22(24-2)27-19-18-9-12-28-20(18)23(19)10-3-4-11-23;/h5-8,14,18-20H,3-4,9-13H2,1-2H3,(H2,24,25,27);1H. The van der Waals surface area contributed by atoms with Crippen molar-refractivity contribution in [2.75, 3.05) is 13.7 Å². The Labute approximate surface area is 195 Å². The van der Waals surface area contributed by atoms with E-state index in [-0.39, 0.29) is 24.0 Å². The highest BCUT2D eigenvalue weighted by molar-refractivity contribution is 14.0. The highest BCUT2D eigenvalue weighted by Crippen LogP contribution is 2.60. The molecule has 5 rings (SSSR count). The van der Waals surface area contributed by atoms with Crippen molar-refractivity contribution in [3.8, 4) is 11.5 Å². The second kappa shape index (κ2) is 8.86. The zero-order valence-corrected chi connectivity index (χ0v) is 20.0. The van der Waals surface area contributed by atoms with Gasteiger partial charge in [-0.1, -0.05) is 30.5 Å². The number of guanidine groups is 1. The fraction of sp³-hybridized carbons (Fsp3) is 0.565. The molecule has 7 heteroatoms. The average Bonchev–Trinajstić information content (AvgIpc) is 3.48. The van der Waals surface area contributed by atoms with Crippen molar-refractivity contribution in [3.05, 3.63) is 41.8 Å². The van der Waals surface area contributed by atoms with Crippen LogP contribution in [-0.4, -0.2) is 36.7 Å². The van der Waals surface area contributed by atoms with E-state index < -0.39 is 0 Å². The van der Waals surface area contributed by atoms with E-state index in [1.165, 1.54) is 31.2 Å². The van der Waals surface area contributed by atoms with Gasteiger partial charge in [-0.25, -0.2) is 4.98 Å². The average molecular weight is 522 g/mol. The van der Waals surface area contributed by atoms with Crippen LogP contribution >= 0.6 is 24.0 Å². The number of rotatable bonds is 4. The highest BCUT2D eigenvalue weighted by atomic mass is 127. The molecule has 2 aromatic rings. The molecular weight excluding hydrogens is 491 g/mol. The molecule has 2 aliphatic carbocycles. The Bertz CT molecular complexity index is 889. The summed E-state index contributed by atoms with van der Waals surface area (Å²) in [5, 5.41) is 7.14. The van der Waals surface area contributed by atoms with Crippen LogP contribution in [-0.2, 0) is 11.3 Å². The topological polar surface area (TPSA) is 71.7 Å². The molecule has 1 aromatic heterocycles. The van der Waals surface area contributed by atoms with E-state index in [2.05, 4.69) is 39.7 Å². The number of benzene rings is 1. The van der Waals surface area contributed by atoms with Crippen molar-refractivity contribution >= 4 is 29.9 Å². The van der Waals surface area contributed by atoms with Crippen LogP contribution in [0, 0.1) is 18.3 Å². The minimum Gasteiger partial charge on any atom is -0.444 e. The van der Waals surface area contributed by atoms with Crippen LogP contribution < -0.4 is 10.6 Å². The molecule has 2 heterocycles. The van der Waals surface area contributed by atoms with E-state index >= 15 is 0 Å². The van der Waals surface area contributed by atoms with Crippen molar-refractivity contribution in [2.24, 2.45) is 16.3 Å². The van der Waals surface area contributed by atoms with Gasteiger partial charge in [-0.3, -0.25) is 4.99 Å². The Morgan fingerprint density at radius 2 is 2.00 bits per heavy atom. The van der Waals surface area contributed by atoms with Gasteiger partial charge >= 0.3 is 0 Å². The number of ether oxygens (including phenoxy) is 1. The predicted octanol–water partition coefficient (Wildman–Crippen LogP) is 4.28. The molecule has 3 unspecified atom stereocenters. The summed E-state index contributed by atoms with van der Waals surface area (Å²) in [5.41, 5.74) is 3.40. The number of hydrogen-bond donors (Lipinski definition) is 2. The molecule has 2 N–H and O–H groups in total. The number of fused-ring (bicyclic) bond motifs is 2. The summed E-state index contributed by atoms with van der Waals surface area (Å²) in [4.78, 5) is 9.09. The Hall–Kier alpha value is -1.61. The van der Waals surface area contributed by atoms with Gasteiger partial charge in [-0.15, -0.1) is 24.0 Å². The van der Waals surface area contributed by atoms with Gasteiger partial charge in [0.2, 0.25) is 5.89 Å². The van der Waals surface area contributed by atoms with Gasteiger partial charge < -0.3 is 19.8 Å². The van der Waals surface area contributed by atoms with Crippen molar-refractivity contribution in [3.63, 3.8) is 0 Å². The van der Waals surface area contributed by atoms with Gasteiger partial charge in [-0.05, 0) is 38.3 Å². The lowest BCUT2D eigenvalue weighted by Crippen LogP contribution is -2.69. The fourth-order valence-corrected chi connectivity index (χ4v) is 5.64. The van der Waals surface area contributed by atoms with Crippen molar-refractivity contribution < 1.29 is 9.15 Å². The summed E-state index contributed by atoms with van der Waals surface area (Å²) in [6, 6.07) is 8.68. The number of aliphatic imine (C=N–C) groups is 1. The Kier molecular flexibility index (Phi) is 6.39. The van der Waals surface area contributed by atoms with Crippen LogP contribution in [0.25, 0.3) is 11.5 Å². The van der Waals surface area contributed by atoms with Gasteiger partial charge in [0.05, 0.1) is 18.3 Å². The van der Waals surface area contributed by atoms with Gasteiger partial charge in [-0.2, -0.15) is 0 Å². The van der Waals surface area contributed by atoms with Crippen LogP contribution in [0.4, 0.5) is 0 Å². The molecule has 3 aliphatic rings. The summed E-state index contributed by atoms with van der Waals surface area (Å²) >= 11 is 0. The van der Waals surface area contributed by atoms with Crippen LogP contribution in [0.15, 0.2) is 39.9 Å². The second-order valence-electron chi connectivity index (χ2n) is 8.74. The number of nitrogens with one attached hydrogen (secondary N) is 2. The summed E-state index contributed by atoms with van der Waals surface area (Å²) in [6.07, 6.45) is 8.50. The first-order valence-corrected chi connectivity index (χ1v) is 10.8. The van der Waals surface area contributed by atoms with E-state index in [9.17, 15) is 0 Å². The zero-order valence-electron chi connectivity index (χ0n) is 17.7. The van der Waals surface area contributed by atoms with Gasteiger partial charge in [0.25, 0.3) is 0 Å². The Morgan fingerprint density at radius 3 is 2.73 bits per heavy atom. The van der Waals surface area contributed by atoms with Gasteiger partial charge in [0.1, 0.15) is 6.26 Å². The SMILES string of the molecule is CN=C(NCc1coc(-c2ccc(C)cc2)n1)NC1C2CCOC2C12CCCC2.I. The van der Waals surface area contributed by atoms with Gasteiger partial charge in [0, 0.05) is 36.6 Å². The summed E-state index contributed by atoms with van der Waals surface area (Å²) in [7, 11) is 1.83. The van der Waals surface area contributed by atoms with Crippen LogP contribution in [0.2, 0.25) is 0 Å². The number of nitrogens with zero attached hydrogens (tertiary/aromatic N) is 2. The third-order valence-electron chi connectivity index (χ3n) is 7.09. The van der Waals surface area contributed by atoms with E-state index in [0.29, 0.717) is 35.9 Å². The van der Waals surface area contributed by atoms with E-state index in [4.69, 9.17) is 9.15 Å². The fourth-order valence-electron chi connectivity index (χ4n) is 5.64. The van der Waals surface area contributed by atoms with E-state index in [0.717, 1.165) is 30.2 Å². The second-order valence-corrected chi connectivity index (χ2v) is 8.74. The molecule has 0 bridgehead atoms. The largest absolute Gasteiger partial charge is 0.444 e. The van der Waals surface area contributed by atoms with Crippen LogP contribution in [0.3, 0.4) is 0 Å². The first-order valence-electron chi connectivity index (χ1n) is 10.8. The molecule has 30 heavy (non-hydrogen) atoms. The first kappa shape index (κ1) is 21.6. The first-order chi connectivity index (χ1) is 14.2. The molecule has 1 saturated heterocycles. The number of aryl methyl sites for hydroxylation is 1. The minimum absolute atomic E-state index is 0. The Balaban J connectivity index is 0.00000218. The molecule has 1 aliphatic heterocycles. The van der Waals surface area contributed by atoms with E-state index in [1.54, 1.807) is 6.26 Å². The molecule has 3 fully saturated rings. The normalized spacial score (nSPS) is 26.7. The molecular formula is C23H31IN4O2. The maximum atomic E-state index is 6.09. The molecule has 2 saturated carbocycles. The third kappa shape index (κ3) is 3.75. The molecule has 6 nitrogen and oxygen atoms in total. The third-order valence-corrected chi connectivity index (χ3v) is 7.09. The number of oxazole rings is 1. The van der Waals surface area contributed by atoms with Crippen molar-refractivity contribution in [1.29, 1.82) is 0 Å². The van der Waals surface area contributed by atoms with Crippen LogP contribution in [0.5, 0.6) is 0 Å². The Morgan fingerprint density at radius 1 is 1.23 bits per heavy atom. The molecule has 1 spiro atoms. The van der Waals surface area contributed by atoms with Crippen molar-refractivity contribution in [2.45, 2.75) is 57.7 Å². The monoisotopic (exact) mass is 522 g/mol. The maximum Gasteiger partial charge on any atom is 0.226 e. The summed E-state index contributed by atoms with van der Waals surface area (Å²) < 4.78 is 11.8. The molecule has 0 amide bonds. The van der Waals surface area contributed by atoms with E-state index in [1.807, 2.05) is 19.2 Å². The lowest BCUT2D eigenvalue weighted by Gasteiger charge is -2.57. The minimum atomic E-state index is 0. The number of halogens is 1. The number of hydrogen-bond acceptors (Lipinski definition) is 4. The zero-order chi connectivity index (χ0) is 19.8. The number of aromatic nitrogens is 1. The summed E-state index contributed by atoms with van der Waals surface area (Å²) in [6.45, 7) is 3.56. The molecule has 0 radical (unpaired) electrons. The van der Waals surface area contributed by atoms with Crippen molar-refractivity contribution in [1.82, 2.24) is 15.6 Å². The quantitative estimate of drug-likeness (QED) is 0.357. The van der Waals surface area contributed by atoms with Crippen LogP contribution in [0.1, 0.15) is 43.4 Å². The molecule has 3 atom stereocenters. The molecule has 1 aromatic carbocycles. The predicted molar refractivity (Wildman–Crippen MR) is 128 cm³/mol. The highest BCUT2D eigenvalue weighted by Gasteiger charge is 2.65.